The first-order valence-electron chi connectivity index (χ1n) is 7.28. The fourth-order valence-corrected chi connectivity index (χ4v) is 4.45. The molecule has 1 aromatic rings. The minimum atomic E-state index is 0.760. The molecule has 4 heteroatoms. The zero-order valence-electron chi connectivity index (χ0n) is 10.8. The Labute approximate surface area is 113 Å². The zero-order valence-corrected chi connectivity index (χ0v) is 11.6. The van der Waals surface area contributed by atoms with Crippen molar-refractivity contribution in [2.24, 2.45) is 5.92 Å². The number of hydrogen-bond donors (Lipinski definition) is 1. The second kappa shape index (κ2) is 4.58. The molecule has 1 aromatic heterocycles. The van der Waals surface area contributed by atoms with Gasteiger partial charge >= 0.3 is 0 Å². The molecule has 2 atom stereocenters. The van der Waals surface area contributed by atoms with E-state index in [1.54, 1.807) is 0 Å². The lowest BCUT2D eigenvalue weighted by Gasteiger charge is -2.24. The van der Waals surface area contributed by atoms with Crippen LogP contribution in [0.25, 0.3) is 0 Å². The Bertz CT molecular complexity index is 412. The van der Waals surface area contributed by atoms with Crippen molar-refractivity contribution in [1.82, 2.24) is 15.2 Å². The summed E-state index contributed by atoms with van der Waals surface area (Å²) < 4.78 is 0. The van der Waals surface area contributed by atoms with Gasteiger partial charge in [0.2, 0.25) is 0 Å². The second-order valence-electron chi connectivity index (χ2n) is 6.09. The SMILES string of the molecule is c1nc(C2CC2)c(CN2C[C@@H]3CCCN[C@@H]3C2)s1. The minimum absolute atomic E-state index is 0.760. The maximum Gasteiger partial charge on any atom is 0.0798 e. The van der Waals surface area contributed by atoms with Crippen molar-refractivity contribution in [1.29, 1.82) is 0 Å². The molecule has 0 radical (unpaired) electrons. The normalized spacial score (nSPS) is 32.7. The predicted molar refractivity (Wildman–Crippen MR) is 73.9 cm³/mol. The summed E-state index contributed by atoms with van der Waals surface area (Å²) in [5.74, 6) is 1.70. The third-order valence-corrected chi connectivity index (χ3v) is 5.51. The molecule has 2 aliphatic heterocycles. The third kappa shape index (κ3) is 2.10. The van der Waals surface area contributed by atoms with Crippen LogP contribution in [0.15, 0.2) is 5.51 Å². The summed E-state index contributed by atoms with van der Waals surface area (Å²) >= 11 is 1.86. The van der Waals surface area contributed by atoms with Crippen LogP contribution in [-0.2, 0) is 6.54 Å². The van der Waals surface area contributed by atoms with Crippen LogP contribution < -0.4 is 5.32 Å². The van der Waals surface area contributed by atoms with E-state index < -0.39 is 0 Å². The van der Waals surface area contributed by atoms with Crippen molar-refractivity contribution < 1.29 is 0 Å². The first-order chi connectivity index (χ1) is 8.90. The minimum Gasteiger partial charge on any atom is -0.312 e. The Morgan fingerprint density at radius 1 is 1.33 bits per heavy atom. The molecule has 0 spiro atoms. The molecule has 3 heterocycles. The summed E-state index contributed by atoms with van der Waals surface area (Å²) in [6, 6.07) is 0.760. The lowest BCUT2D eigenvalue weighted by atomic mass is 9.94. The molecule has 3 aliphatic rings. The quantitative estimate of drug-likeness (QED) is 0.906. The molecule has 0 amide bonds. The highest BCUT2D eigenvalue weighted by Gasteiger charge is 2.35. The van der Waals surface area contributed by atoms with Gasteiger partial charge in [-0.3, -0.25) is 4.90 Å². The maximum atomic E-state index is 4.59. The van der Waals surface area contributed by atoms with Crippen LogP contribution in [0.3, 0.4) is 0 Å². The highest BCUT2D eigenvalue weighted by Crippen LogP contribution is 2.42. The number of likely N-dealkylation sites (tertiary alicyclic amines) is 1. The average Bonchev–Trinajstić information content (AvgIpc) is 2.98. The largest absolute Gasteiger partial charge is 0.312 e. The van der Waals surface area contributed by atoms with Crippen LogP contribution in [0.4, 0.5) is 0 Å². The number of fused-ring (bicyclic) bond motifs is 1. The summed E-state index contributed by atoms with van der Waals surface area (Å²) in [5, 5.41) is 3.69. The van der Waals surface area contributed by atoms with Crippen molar-refractivity contribution in [2.75, 3.05) is 19.6 Å². The first-order valence-corrected chi connectivity index (χ1v) is 8.16. The van der Waals surface area contributed by atoms with E-state index in [0.29, 0.717) is 0 Å². The van der Waals surface area contributed by atoms with Gasteiger partial charge < -0.3 is 5.32 Å². The molecule has 3 fully saturated rings. The van der Waals surface area contributed by atoms with E-state index >= 15 is 0 Å². The van der Waals surface area contributed by atoms with E-state index in [1.165, 1.54) is 55.9 Å². The molecule has 0 aromatic carbocycles. The van der Waals surface area contributed by atoms with Gasteiger partial charge in [0, 0.05) is 36.5 Å². The molecular weight excluding hydrogens is 242 g/mol. The monoisotopic (exact) mass is 263 g/mol. The lowest BCUT2D eigenvalue weighted by molar-refractivity contribution is 0.314. The van der Waals surface area contributed by atoms with Gasteiger partial charge in [-0.2, -0.15) is 0 Å². The maximum absolute atomic E-state index is 4.59. The Kier molecular flexibility index (Phi) is 2.90. The molecular formula is C14H21N3S. The smallest absolute Gasteiger partial charge is 0.0798 e. The van der Waals surface area contributed by atoms with Gasteiger partial charge in [0.05, 0.1) is 11.2 Å². The Hall–Kier alpha value is -0.450. The van der Waals surface area contributed by atoms with Crippen LogP contribution in [0.5, 0.6) is 0 Å². The van der Waals surface area contributed by atoms with Crippen LogP contribution in [-0.4, -0.2) is 35.6 Å². The summed E-state index contributed by atoms with van der Waals surface area (Å²) in [4.78, 5) is 8.77. The topological polar surface area (TPSA) is 28.2 Å². The fourth-order valence-electron chi connectivity index (χ4n) is 3.56. The summed E-state index contributed by atoms with van der Waals surface area (Å²) in [6.07, 6.45) is 5.52. The molecule has 3 nitrogen and oxygen atoms in total. The van der Waals surface area contributed by atoms with Gasteiger partial charge in [-0.1, -0.05) is 0 Å². The third-order valence-electron chi connectivity index (χ3n) is 4.68. The molecule has 0 bridgehead atoms. The highest BCUT2D eigenvalue weighted by atomic mass is 32.1. The fraction of sp³-hybridized carbons (Fsp3) is 0.786. The zero-order chi connectivity index (χ0) is 11.9. The molecule has 0 unspecified atom stereocenters. The van der Waals surface area contributed by atoms with E-state index in [4.69, 9.17) is 0 Å². The van der Waals surface area contributed by atoms with Gasteiger partial charge in [-0.15, -0.1) is 11.3 Å². The lowest BCUT2D eigenvalue weighted by Crippen LogP contribution is -2.40. The van der Waals surface area contributed by atoms with Gasteiger partial charge in [-0.05, 0) is 38.1 Å². The van der Waals surface area contributed by atoms with Crippen molar-refractivity contribution in [3.8, 4) is 0 Å². The second-order valence-corrected chi connectivity index (χ2v) is 7.03. The van der Waals surface area contributed by atoms with Gasteiger partial charge in [0.1, 0.15) is 0 Å². The molecule has 1 aliphatic carbocycles. The number of nitrogens with one attached hydrogen (secondary N) is 1. The van der Waals surface area contributed by atoms with E-state index in [9.17, 15) is 0 Å². The first kappa shape index (κ1) is 11.4. The summed E-state index contributed by atoms with van der Waals surface area (Å²) in [5.41, 5.74) is 3.47. The number of piperidine rings is 1. The van der Waals surface area contributed by atoms with Gasteiger partial charge in [0.15, 0.2) is 0 Å². The van der Waals surface area contributed by atoms with Crippen molar-refractivity contribution >= 4 is 11.3 Å². The van der Waals surface area contributed by atoms with Crippen molar-refractivity contribution in [2.45, 2.75) is 44.2 Å². The van der Waals surface area contributed by atoms with Crippen molar-refractivity contribution in [3.63, 3.8) is 0 Å². The number of thiazole rings is 1. The Morgan fingerprint density at radius 3 is 3.11 bits per heavy atom. The number of hydrogen-bond acceptors (Lipinski definition) is 4. The van der Waals surface area contributed by atoms with Gasteiger partial charge in [-0.25, -0.2) is 4.98 Å². The summed E-state index contributed by atoms with van der Waals surface area (Å²) in [7, 11) is 0. The van der Waals surface area contributed by atoms with E-state index in [1.807, 2.05) is 16.8 Å². The number of rotatable bonds is 3. The highest BCUT2D eigenvalue weighted by molar-refractivity contribution is 7.09. The Morgan fingerprint density at radius 2 is 2.28 bits per heavy atom. The van der Waals surface area contributed by atoms with Crippen LogP contribution in [0, 0.1) is 5.92 Å². The average molecular weight is 263 g/mol. The number of aromatic nitrogens is 1. The Balaban J connectivity index is 1.44. The molecule has 18 heavy (non-hydrogen) atoms. The molecule has 4 rings (SSSR count). The molecule has 2 saturated heterocycles. The predicted octanol–water partition coefficient (Wildman–Crippen LogP) is 2.20. The molecule has 98 valence electrons. The van der Waals surface area contributed by atoms with Gasteiger partial charge in [0.25, 0.3) is 0 Å². The van der Waals surface area contributed by atoms with E-state index in [-0.39, 0.29) is 0 Å². The van der Waals surface area contributed by atoms with E-state index in [2.05, 4.69) is 15.2 Å². The van der Waals surface area contributed by atoms with E-state index in [0.717, 1.165) is 24.4 Å². The van der Waals surface area contributed by atoms with Crippen LogP contribution in [0.1, 0.15) is 42.2 Å². The molecule has 1 N–H and O–H groups in total. The van der Waals surface area contributed by atoms with Crippen LogP contribution in [0.2, 0.25) is 0 Å². The molecule has 1 saturated carbocycles. The number of nitrogens with zero attached hydrogens (tertiary/aromatic N) is 2. The summed E-state index contributed by atoms with van der Waals surface area (Å²) in [6.45, 7) is 4.90. The van der Waals surface area contributed by atoms with Crippen LogP contribution >= 0.6 is 11.3 Å². The standard InChI is InChI=1S/C14H21N3S/c1-2-11-6-17(7-12(11)15-5-1)8-13-14(10-3-4-10)16-9-18-13/h9-12,15H,1-8H2/t11-,12+/m0/s1. The van der Waals surface area contributed by atoms with Crippen molar-refractivity contribution in [3.05, 3.63) is 16.1 Å².